The lowest BCUT2D eigenvalue weighted by Gasteiger charge is -2.28. The smallest absolute Gasteiger partial charge is 0.120 e. The SMILES string of the molecule is Cl.Oc1cccc(C2CNC3(CCCCCC3)O2)c1. The zero-order chi connectivity index (χ0) is 12.4. The van der Waals surface area contributed by atoms with Gasteiger partial charge in [0.15, 0.2) is 0 Å². The van der Waals surface area contributed by atoms with Crippen LogP contribution in [0.3, 0.4) is 0 Å². The first kappa shape index (κ1) is 14.6. The lowest BCUT2D eigenvalue weighted by Crippen LogP contribution is -2.40. The van der Waals surface area contributed by atoms with Crippen molar-refractivity contribution in [3.8, 4) is 5.75 Å². The second-order valence-corrected chi connectivity index (χ2v) is 5.49. The first-order valence-corrected chi connectivity index (χ1v) is 6.99. The standard InChI is InChI=1S/C15H21NO2.ClH/c17-13-7-5-6-12(10-13)14-11-16-15(18-14)8-3-1-2-4-9-15;/h5-7,10,14,16-17H,1-4,8-9,11H2;1H. The maximum Gasteiger partial charge on any atom is 0.120 e. The summed E-state index contributed by atoms with van der Waals surface area (Å²) in [6, 6.07) is 7.42. The predicted molar refractivity (Wildman–Crippen MR) is 77.6 cm³/mol. The molecule has 1 aliphatic heterocycles. The van der Waals surface area contributed by atoms with Crippen molar-refractivity contribution in [3.63, 3.8) is 0 Å². The van der Waals surface area contributed by atoms with E-state index in [1.165, 1.54) is 25.7 Å². The molecule has 1 saturated heterocycles. The van der Waals surface area contributed by atoms with Gasteiger partial charge in [0.2, 0.25) is 0 Å². The van der Waals surface area contributed by atoms with Gasteiger partial charge in [0.05, 0.1) is 6.10 Å². The van der Waals surface area contributed by atoms with Gasteiger partial charge in [-0.15, -0.1) is 12.4 Å². The zero-order valence-electron chi connectivity index (χ0n) is 11.1. The first-order valence-electron chi connectivity index (χ1n) is 6.99. The van der Waals surface area contributed by atoms with Gasteiger partial charge in [0.1, 0.15) is 11.5 Å². The van der Waals surface area contributed by atoms with Crippen LogP contribution in [0.4, 0.5) is 0 Å². The van der Waals surface area contributed by atoms with E-state index in [4.69, 9.17) is 4.74 Å². The van der Waals surface area contributed by atoms with Gasteiger partial charge in [-0.3, -0.25) is 5.32 Å². The van der Waals surface area contributed by atoms with Crippen LogP contribution >= 0.6 is 12.4 Å². The topological polar surface area (TPSA) is 41.5 Å². The van der Waals surface area contributed by atoms with Gasteiger partial charge in [0.25, 0.3) is 0 Å². The van der Waals surface area contributed by atoms with Gasteiger partial charge in [-0.1, -0.05) is 25.0 Å². The summed E-state index contributed by atoms with van der Waals surface area (Å²) in [6.45, 7) is 0.851. The average molecular weight is 284 g/mol. The van der Waals surface area contributed by atoms with Gasteiger partial charge in [0, 0.05) is 6.54 Å². The Morgan fingerprint density at radius 3 is 2.58 bits per heavy atom. The van der Waals surface area contributed by atoms with Crippen LogP contribution in [-0.4, -0.2) is 17.4 Å². The molecule has 3 nitrogen and oxygen atoms in total. The molecule has 0 aromatic heterocycles. The van der Waals surface area contributed by atoms with E-state index in [1.807, 2.05) is 18.2 Å². The molecule has 0 radical (unpaired) electrons. The molecular formula is C15H22ClNO2. The monoisotopic (exact) mass is 283 g/mol. The fourth-order valence-electron chi connectivity index (χ4n) is 3.14. The highest BCUT2D eigenvalue weighted by Gasteiger charge is 2.40. The molecule has 3 rings (SSSR count). The highest BCUT2D eigenvalue weighted by molar-refractivity contribution is 5.85. The van der Waals surface area contributed by atoms with E-state index in [1.54, 1.807) is 6.07 Å². The third-order valence-electron chi connectivity index (χ3n) is 4.13. The Hall–Kier alpha value is -0.770. The van der Waals surface area contributed by atoms with Crippen LogP contribution in [0.15, 0.2) is 24.3 Å². The van der Waals surface area contributed by atoms with Crippen molar-refractivity contribution in [2.24, 2.45) is 0 Å². The summed E-state index contributed by atoms with van der Waals surface area (Å²) < 4.78 is 6.29. The highest BCUT2D eigenvalue weighted by atomic mass is 35.5. The maximum atomic E-state index is 9.54. The fraction of sp³-hybridized carbons (Fsp3) is 0.600. The van der Waals surface area contributed by atoms with Crippen molar-refractivity contribution < 1.29 is 9.84 Å². The van der Waals surface area contributed by atoms with Crippen molar-refractivity contribution >= 4 is 12.4 Å². The quantitative estimate of drug-likeness (QED) is 0.828. The number of rotatable bonds is 1. The summed E-state index contributed by atoms with van der Waals surface area (Å²) in [5, 5.41) is 13.1. The Kier molecular flexibility index (Phi) is 4.71. The molecule has 0 bridgehead atoms. The van der Waals surface area contributed by atoms with Crippen molar-refractivity contribution in [2.75, 3.05) is 6.54 Å². The van der Waals surface area contributed by atoms with E-state index in [9.17, 15) is 5.11 Å². The minimum Gasteiger partial charge on any atom is -0.508 e. The Morgan fingerprint density at radius 2 is 1.89 bits per heavy atom. The van der Waals surface area contributed by atoms with Crippen LogP contribution < -0.4 is 5.32 Å². The lowest BCUT2D eigenvalue weighted by molar-refractivity contribution is -0.0614. The van der Waals surface area contributed by atoms with E-state index in [-0.39, 0.29) is 24.2 Å². The third kappa shape index (κ3) is 3.22. The molecule has 1 heterocycles. The molecule has 19 heavy (non-hydrogen) atoms. The lowest BCUT2D eigenvalue weighted by atomic mass is 10.1. The predicted octanol–water partition coefficient (Wildman–Crippen LogP) is 3.53. The molecule has 0 amide bonds. The Labute approximate surface area is 120 Å². The molecule has 4 heteroatoms. The Morgan fingerprint density at radius 1 is 1.16 bits per heavy atom. The second-order valence-electron chi connectivity index (χ2n) is 5.49. The summed E-state index contributed by atoms with van der Waals surface area (Å²) in [5.41, 5.74) is 0.968. The number of nitrogens with one attached hydrogen (secondary N) is 1. The van der Waals surface area contributed by atoms with Crippen LogP contribution in [0.2, 0.25) is 0 Å². The van der Waals surface area contributed by atoms with Crippen LogP contribution in [0.5, 0.6) is 5.75 Å². The maximum absolute atomic E-state index is 9.54. The molecule has 106 valence electrons. The minimum atomic E-state index is -0.105. The average Bonchev–Trinajstić information content (AvgIpc) is 2.64. The number of benzene rings is 1. The number of halogens is 1. The van der Waals surface area contributed by atoms with E-state index < -0.39 is 0 Å². The van der Waals surface area contributed by atoms with E-state index in [0.29, 0.717) is 5.75 Å². The Bertz CT molecular complexity index is 416. The van der Waals surface area contributed by atoms with Gasteiger partial charge in [-0.25, -0.2) is 0 Å². The Balaban J connectivity index is 0.00000133. The van der Waals surface area contributed by atoms with Gasteiger partial charge >= 0.3 is 0 Å². The van der Waals surface area contributed by atoms with Crippen molar-refractivity contribution in [1.82, 2.24) is 5.32 Å². The van der Waals surface area contributed by atoms with E-state index in [2.05, 4.69) is 5.32 Å². The minimum absolute atomic E-state index is 0. The molecular weight excluding hydrogens is 262 g/mol. The second kappa shape index (κ2) is 6.12. The number of phenolic OH excluding ortho intramolecular Hbond substituents is 1. The molecule has 1 spiro atoms. The van der Waals surface area contributed by atoms with Gasteiger partial charge in [-0.2, -0.15) is 0 Å². The van der Waals surface area contributed by atoms with E-state index in [0.717, 1.165) is 24.9 Å². The molecule has 1 unspecified atom stereocenters. The molecule has 1 aliphatic carbocycles. The third-order valence-corrected chi connectivity index (χ3v) is 4.13. The van der Waals surface area contributed by atoms with E-state index >= 15 is 0 Å². The van der Waals surface area contributed by atoms with Crippen LogP contribution in [0.25, 0.3) is 0 Å². The van der Waals surface area contributed by atoms with Gasteiger partial charge < -0.3 is 9.84 Å². The highest BCUT2D eigenvalue weighted by Crippen LogP contribution is 2.38. The number of ether oxygens (including phenoxy) is 1. The number of hydrogen-bond donors (Lipinski definition) is 2. The summed E-state index contributed by atoms with van der Waals surface area (Å²) in [7, 11) is 0. The van der Waals surface area contributed by atoms with Crippen LogP contribution in [0.1, 0.15) is 50.2 Å². The number of phenols is 1. The van der Waals surface area contributed by atoms with Gasteiger partial charge in [-0.05, 0) is 43.4 Å². The number of aromatic hydroxyl groups is 1. The van der Waals surface area contributed by atoms with Crippen LogP contribution in [-0.2, 0) is 4.74 Å². The first-order chi connectivity index (χ1) is 8.77. The zero-order valence-corrected chi connectivity index (χ0v) is 11.9. The fourth-order valence-corrected chi connectivity index (χ4v) is 3.14. The number of hydrogen-bond acceptors (Lipinski definition) is 3. The van der Waals surface area contributed by atoms with Crippen molar-refractivity contribution in [3.05, 3.63) is 29.8 Å². The largest absolute Gasteiger partial charge is 0.508 e. The molecule has 2 fully saturated rings. The van der Waals surface area contributed by atoms with Crippen molar-refractivity contribution in [2.45, 2.75) is 50.4 Å². The normalized spacial score (nSPS) is 25.8. The molecule has 1 saturated carbocycles. The summed E-state index contributed by atoms with van der Waals surface area (Å²) >= 11 is 0. The summed E-state index contributed by atoms with van der Waals surface area (Å²) in [6.07, 6.45) is 7.45. The summed E-state index contributed by atoms with van der Waals surface area (Å²) in [5.74, 6) is 0.318. The molecule has 1 atom stereocenters. The summed E-state index contributed by atoms with van der Waals surface area (Å²) in [4.78, 5) is 0. The van der Waals surface area contributed by atoms with Crippen LogP contribution in [0, 0.1) is 0 Å². The van der Waals surface area contributed by atoms with Crippen molar-refractivity contribution in [1.29, 1.82) is 0 Å². The molecule has 2 N–H and O–H groups in total. The molecule has 1 aromatic carbocycles. The molecule has 2 aliphatic rings. The molecule has 1 aromatic rings.